The van der Waals surface area contributed by atoms with Gasteiger partial charge in [-0.25, -0.2) is 0 Å². The molecule has 0 bridgehead atoms. The van der Waals surface area contributed by atoms with Crippen LogP contribution in [0.1, 0.15) is 66.7 Å². The van der Waals surface area contributed by atoms with Crippen LogP contribution in [-0.2, 0) is 4.79 Å². The van der Waals surface area contributed by atoms with Gasteiger partial charge in [0.05, 0.1) is 5.69 Å². The van der Waals surface area contributed by atoms with E-state index in [1.165, 1.54) is 4.57 Å². The van der Waals surface area contributed by atoms with Gasteiger partial charge in [0.25, 0.3) is 11.5 Å². The van der Waals surface area contributed by atoms with Crippen LogP contribution in [0, 0.1) is 0 Å². The van der Waals surface area contributed by atoms with Crippen LogP contribution < -0.4 is 10.9 Å². The van der Waals surface area contributed by atoms with E-state index >= 15 is 0 Å². The van der Waals surface area contributed by atoms with Gasteiger partial charge in [-0.05, 0) is 37.5 Å². The first-order chi connectivity index (χ1) is 14.3. The third-order valence-corrected chi connectivity index (χ3v) is 5.31. The minimum atomic E-state index is -1.26. The molecule has 1 heterocycles. The Kier molecular flexibility index (Phi) is 6.34. The average Bonchev–Trinajstić information content (AvgIpc) is 2.72. The smallest absolute Gasteiger partial charge is 0.322 e. The number of aromatic hydroxyl groups is 1. The lowest BCUT2D eigenvalue weighted by atomic mass is 9.88. The number of rotatable bonds is 6. The van der Waals surface area contributed by atoms with Crippen LogP contribution in [0.25, 0.3) is 11.3 Å². The van der Waals surface area contributed by atoms with Crippen molar-refractivity contribution in [1.29, 1.82) is 0 Å². The van der Waals surface area contributed by atoms with E-state index in [-0.39, 0.29) is 5.92 Å². The zero-order valence-electron chi connectivity index (χ0n) is 16.9. The molecule has 3 N–H and O–H groups in total. The van der Waals surface area contributed by atoms with Gasteiger partial charge in [0.15, 0.2) is 5.56 Å². The first-order valence-corrected chi connectivity index (χ1v) is 9.91. The average molecular weight is 411 g/mol. The highest BCUT2D eigenvalue weighted by Crippen LogP contribution is 2.33. The Balaban J connectivity index is 2.15. The van der Waals surface area contributed by atoms with E-state index in [9.17, 15) is 19.5 Å². The van der Waals surface area contributed by atoms with Gasteiger partial charge >= 0.3 is 5.97 Å². The van der Waals surface area contributed by atoms with Crippen molar-refractivity contribution >= 4 is 17.4 Å². The number of hydrogen-bond acceptors (Lipinski definition) is 5. The molecule has 8 heteroatoms. The molecule has 1 saturated carbocycles. The fraction of sp³-hybridized carbons (Fsp3) is 0.364. The molecule has 0 saturated heterocycles. The Hall–Kier alpha value is -3.42. The second-order valence-electron chi connectivity index (χ2n) is 7.55. The molecule has 0 aliphatic heterocycles. The van der Waals surface area contributed by atoms with Gasteiger partial charge in [-0.2, -0.15) is 4.98 Å². The molecule has 1 aromatic heterocycles. The summed E-state index contributed by atoms with van der Waals surface area (Å²) in [6, 6.07) is 7.14. The number of benzene rings is 1. The van der Waals surface area contributed by atoms with Gasteiger partial charge in [0, 0.05) is 5.92 Å². The van der Waals surface area contributed by atoms with Crippen LogP contribution in [0.3, 0.4) is 0 Å². The van der Waals surface area contributed by atoms with Gasteiger partial charge in [-0.1, -0.05) is 43.5 Å². The second-order valence-corrected chi connectivity index (χ2v) is 7.55. The van der Waals surface area contributed by atoms with Crippen molar-refractivity contribution in [1.82, 2.24) is 14.9 Å². The number of nitrogens with zero attached hydrogens (tertiary/aromatic N) is 2. The van der Waals surface area contributed by atoms with Crippen molar-refractivity contribution in [3.63, 3.8) is 0 Å². The number of carbonyl (C=O) groups excluding carboxylic acids is 1. The van der Waals surface area contributed by atoms with E-state index in [2.05, 4.69) is 16.9 Å². The minimum absolute atomic E-state index is 0.0192. The lowest BCUT2D eigenvalue weighted by Crippen LogP contribution is -2.37. The topological polar surface area (TPSA) is 122 Å². The molecule has 0 radical (unpaired) electrons. The second kappa shape index (κ2) is 8.94. The van der Waals surface area contributed by atoms with E-state index in [4.69, 9.17) is 5.11 Å². The minimum Gasteiger partial charge on any atom is -0.493 e. The molecule has 0 spiro atoms. The molecule has 1 aliphatic rings. The van der Waals surface area contributed by atoms with Gasteiger partial charge in [0.2, 0.25) is 5.88 Å². The highest BCUT2D eigenvalue weighted by molar-refractivity contribution is 5.97. The first-order valence-electron chi connectivity index (χ1n) is 9.91. The monoisotopic (exact) mass is 411 g/mol. The van der Waals surface area contributed by atoms with E-state index in [1.807, 2.05) is 19.1 Å². The summed E-state index contributed by atoms with van der Waals surface area (Å²) in [6.07, 6.45) is 4.77. The molecular formula is C22H25N3O5. The zero-order valence-corrected chi connectivity index (χ0v) is 16.9. The van der Waals surface area contributed by atoms with E-state index < -0.39 is 35.4 Å². The molecule has 2 aromatic rings. The summed E-state index contributed by atoms with van der Waals surface area (Å²) in [5.41, 5.74) is 1.01. The number of nitrogens with one attached hydrogen (secondary N) is 1. The lowest BCUT2D eigenvalue weighted by Gasteiger charge is -2.25. The number of aliphatic carboxylic acids is 1. The molecule has 0 atom stereocenters. The van der Waals surface area contributed by atoms with Crippen molar-refractivity contribution < 1.29 is 19.8 Å². The number of allylic oxidation sites excluding steroid dienone is 1. The zero-order chi connectivity index (χ0) is 21.8. The van der Waals surface area contributed by atoms with Crippen molar-refractivity contribution in [3.8, 4) is 11.6 Å². The summed E-state index contributed by atoms with van der Waals surface area (Å²) in [5.74, 6) is -2.53. The molecule has 0 unspecified atom stereocenters. The van der Waals surface area contributed by atoms with Crippen molar-refractivity contribution in [2.45, 2.75) is 44.9 Å². The first kappa shape index (κ1) is 21.3. The summed E-state index contributed by atoms with van der Waals surface area (Å²) in [7, 11) is 0. The standard InChI is InChI=1S/C22H25N3O5/c1-13(2)14-8-10-16(11-9-14)25-19(15-6-4-3-5-7-15)24-21(29)18(22(25)30)20(28)23-12-17(26)27/h8-11,15,29H,1,3-7,12H2,2H3,(H,23,28)(H,26,27). The van der Waals surface area contributed by atoms with Crippen molar-refractivity contribution in [2.24, 2.45) is 0 Å². The fourth-order valence-corrected chi connectivity index (χ4v) is 3.75. The maximum Gasteiger partial charge on any atom is 0.322 e. The van der Waals surface area contributed by atoms with Crippen LogP contribution in [0.4, 0.5) is 0 Å². The molecule has 30 heavy (non-hydrogen) atoms. The van der Waals surface area contributed by atoms with Gasteiger partial charge in [-0.15, -0.1) is 0 Å². The van der Waals surface area contributed by atoms with Crippen LogP contribution >= 0.6 is 0 Å². The SMILES string of the molecule is C=C(C)c1ccc(-n2c(C3CCCCC3)nc(O)c(C(=O)NCC(=O)O)c2=O)cc1. The third-order valence-electron chi connectivity index (χ3n) is 5.31. The van der Waals surface area contributed by atoms with Gasteiger partial charge in [0.1, 0.15) is 12.4 Å². The highest BCUT2D eigenvalue weighted by atomic mass is 16.4. The molecule has 1 amide bonds. The molecule has 1 aliphatic carbocycles. The molecular weight excluding hydrogens is 386 g/mol. The number of carbonyl (C=O) groups is 2. The van der Waals surface area contributed by atoms with E-state index in [0.29, 0.717) is 11.5 Å². The third kappa shape index (κ3) is 4.42. The quantitative estimate of drug-likeness (QED) is 0.672. The van der Waals surface area contributed by atoms with E-state index in [0.717, 1.165) is 43.2 Å². The molecule has 1 aromatic carbocycles. The predicted molar refractivity (Wildman–Crippen MR) is 112 cm³/mol. The molecule has 3 rings (SSSR count). The molecule has 8 nitrogen and oxygen atoms in total. The van der Waals surface area contributed by atoms with Crippen molar-refractivity contribution in [2.75, 3.05) is 6.54 Å². The largest absolute Gasteiger partial charge is 0.493 e. The summed E-state index contributed by atoms with van der Waals surface area (Å²) in [4.78, 5) is 40.7. The van der Waals surface area contributed by atoms with Crippen LogP contribution in [0.15, 0.2) is 35.6 Å². The van der Waals surface area contributed by atoms with Crippen LogP contribution in [0.2, 0.25) is 0 Å². The maximum atomic E-state index is 13.3. The summed E-state index contributed by atoms with van der Waals surface area (Å²) in [6.45, 7) is 5.11. The number of amides is 1. The number of carboxylic acid groups (broad SMARTS) is 1. The van der Waals surface area contributed by atoms with Gasteiger partial charge < -0.3 is 15.5 Å². The summed E-state index contributed by atoms with van der Waals surface area (Å²) >= 11 is 0. The fourth-order valence-electron chi connectivity index (χ4n) is 3.75. The van der Waals surface area contributed by atoms with Crippen LogP contribution in [0.5, 0.6) is 5.88 Å². The Morgan fingerprint density at radius 1 is 1.20 bits per heavy atom. The Labute approximate surface area is 173 Å². The van der Waals surface area contributed by atoms with Crippen LogP contribution in [-0.4, -0.2) is 38.2 Å². The number of hydrogen-bond donors (Lipinski definition) is 3. The Morgan fingerprint density at radius 2 is 1.83 bits per heavy atom. The van der Waals surface area contributed by atoms with E-state index in [1.54, 1.807) is 12.1 Å². The maximum absolute atomic E-state index is 13.3. The Morgan fingerprint density at radius 3 is 2.40 bits per heavy atom. The summed E-state index contributed by atoms with van der Waals surface area (Å²) in [5, 5.41) is 21.3. The molecule has 158 valence electrons. The normalized spacial score (nSPS) is 14.3. The number of aromatic nitrogens is 2. The summed E-state index contributed by atoms with van der Waals surface area (Å²) < 4.78 is 1.35. The Bertz CT molecular complexity index is 1030. The van der Waals surface area contributed by atoms with Crippen molar-refractivity contribution in [3.05, 3.63) is 58.1 Å². The molecule has 1 fully saturated rings. The van der Waals surface area contributed by atoms with Gasteiger partial charge in [-0.3, -0.25) is 19.0 Å². The lowest BCUT2D eigenvalue weighted by molar-refractivity contribution is -0.135. The number of carboxylic acids is 1. The highest BCUT2D eigenvalue weighted by Gasteiger charge is 2.28. The predicted octanol–water partition coefficient (Wildman–Crippen LogP) is 2.83.